The van der Waals surface area contributed by atoms with Gasteiger partial charge in [0, 0.05) is 25.4 Å². The molecule has 0 aliphatic carbocycles. The first kappa shape index (κ1) is 15.6. The van der Waals surface area contributed by atoms with Gasteiger partial charge in [0.15, 0.2) is 0 Å². The van der Waals surface area contributed by atoms with Crippen molar-refractivity contribution in [3.8, 4) is 5.75 Å². The Hall–Kier alpha value is -1.43. The normalized spacial score (nSPS) is 12.3. The van der Waals surface area contributed by atoms with Crippen LogP contribution in [0.3, 0.4) is 0 Å². The summed E-state index contributed by atoms with van der Waals surface area (Å²) in [6.45, 7) is 4.48. The number of anilines is 1. The lowest BCUT2D eigenvalue weighted by Crippen LogP contribution is -2.25. The van der Waals surface area contributed by atoms with Gasteiger partial charge in [-0.2, -0.15) is 0 Å². The average molecular weight is 277 g/mol. The fraction of sp³-hybridized carbons (Fsp3) is 0.538. The molecule has 0 atom stereocenters. The number of halogens is 3. The van der Waals surface area contributed by atoms with Crippen LogP contribution in [0.25, 0.3) is 0 Å². The van der Waals surface area contributed by atoms with Crippen molar-refractivity contribution in [2.75, 3.05) is 19.0 Å². The fourth-order valence-corrected chi connectivity index (χ4v) is 1.41. The molecule has 0 aliphatic heterocycles. The van der Waals surface area contributed by atoms with Gasteiger partial charge < -0.3 is 14.8 Å². The largest absolute Gasteiger partial charge is 0.573 e. The van der Waals surface area contributed by atoms with E-state index in [-0.39, 0.29) is 11.4 Å². The second-order valence-corrected chi connectivity index (χ2v) is 4.72. The highest BCUT2D eigenvalue weighted by Gasteiger charge is 2.31. The van der Waals surface area contributed by atoms with Crippen molar-refractivity contribution in [1.29, 1.82) is 0 Å². The lowest BCUT2D eigenvalue weighted by molar-refractivity contribution is -0.274. The molecular weight excluding hydrogens is 259 g/mol. The molecule has 0 radical (unpaired) electrons. The number of benzene rings is 1. The molecule has 1 aromatic carbocycles. The van der Waals surface area contributed by atoms with E-state index in [0.29, 0.717) is 12.2 Å². The highest BCUT2D eigenvalue weighted by molar-refractivity contribution is 5.48. The third kappa shape index (κ3) is 6.33. The van der Waals surface area contributed by atoms with Crippen LogP contribution in [0.5, 0.6) is 5.75 Å². The third-order valence-electron chi connectivity index (χ3n) is 2.68. The summed E-state index contributed by atoms with van der Waals surface area (Å²) in [7, 11) is 1.62. The smallest absolute Gasteiger partial charge is 0.406 e. The van der Waals surface area contributed by atoms with Gasteiger partial charge in [-0.1, -0.05) is 6.07 Å². The van der Waals surface area contributed by atoms with Crippen molar-refractivity contribution < 1.29 is 22.6 Å². The summed E-state index contributed by atoms with van der Waals surface area (Å²) in [6, 6.07) is 5.76. The molecule has 0 spiro atoms. The predicted octanol–water partition coefficient (Wildman–Crippen LogP) is 3.81. The van der Waals surface area contributed by atoms with E-state index in [1.165, 1.54) is 18.2 Å². The zero-order valence-corrected chi connectivity index (χ0v) is 11.2. The minimum atomic E-state index is -4.67. The van der Waals surface area contributed by atoms with Gasteiger partial charge in [-0.15, -0.1) is 13.2 Å². The predicted molar refractivity (Wildman–Crippen MR) is 67.3 cm³/mol. The summed E-state index contributed by atoms with van der Waals surface area (Å²) in [6.07, 6.45) is -3.94. The van der Waals surface area contributed by atoms with Crippen LogP contribution in [-0.4, -0.2) is 25.6 Å². The number of methoxy groups -OCH3 is 1. The van der Waals surface area contributed by atoms with Crippen LogP contribution in [0.4, 0.5) is 18.9 Å². The van der Waals surface area contributed by atoms with Crippen LogP contribution in [0.2, 0.25) is 0 Å². The average Bonchev–Trinajstić information content (AvgIpc) is 2.27. The standard InChI is InChI=1S/C13H18F3NO2/c1-12(2,18-3)7-8-17-10-5-4-6-11(9-10)19-13(14,15)16/h4-6,9,17H,7-8H2,1-3H3. The number of hydrogen-bond acceptors (Lipinski definition) is 3. The van der Waals surface area contributed by atoms with Crippen LogP contribution < -0.4 is 10.1 Å². The first-order valence-corrected chi connectivity index (χ1v) is 5.87. The van der Waals surface area contributed by atoms with E-state index in [1.54, 1.807) is 13.2 Å². The molecule has 0 unspecified atom stereocenters. The van der Waals surface area contributed by atoms with Gasteiger partial charge in [-0.25, -0.2) is 0 Å². The van der Waals surface area contributed by atoms with Gasteiger partial charge in [0.25, 0.3) is 0 Å². The van der Waals surface area contributed by atoms with Gasteiger partial charge in [0.05, 0.1) is 5.60 Å². The van der Waals surface area contributed by atoms with Crippen LogP contribution in [0.1, 0.15) is 20.3 Å². The van der Waals surface area contributed by atoms with Gasteiger partial charge in [0.1, 0.15) is 5.75 Å². The second-order valence-electron chi connectivity index (χ2n) is 4.72. The molecule has 0 bridgehead atoms. The Morgan fingerprint density at radius 3 is 2.47 bits per heavy atom. The second kappa shape index (κ2) is 6.14. The summed E-state index contributed by atoms with van der Waals surface area (Å²) < 4.78 is 45.3. The highest BCUT2D eigenvalue weighted by Crippen LogP contribution is 2.25. The Labute approximate surface area is 110 Å². The van der Waals surface area contributed by atoms with E-state index < -0.39 is 6.36 Å². The van der Waals surface area contributed by atoms with Gasteiger partial charge in [-0.05, 0) is 32.4 Å². The maximum absolute atomic E-state index is 12.1. The van der Waals surface area contributed by atoms with Crippen LogP contribution in [0.15, 0.2) is 24.3 Å². The Kier molecular flexibility index (Phi) is 5.05. The van der Waals surface area contributed by atoms with Crippen molar-refractivity contribution >= 4 is 5.69 Å². The van der Waals surface area contributed by atoms with Gasteiger partial charge in [-0.3, -0.25) is 0 Å². The Morgan fingerprint density at radius 1 is 1.21 bits per heavy atom. The van der Waals surface area contributed by atoms with Crippen molar-refractivity contribution in [1.82, 2.24) is 0 Å². The van der Waals surface area contributed by atoms with Gasteiger partial charge >= 0.3 is 6.36 Å². The van der Waals surface area contributed by atoms with E-state index in [4.69, 9.17) is 4.74 Å². The SMILES string of the molecule is COC(C)(C)CCNc1cccc(OC(F)(F)F)c1. The molecule has 0 aromatic heterocycles. The van der Waals surface area contributed by atoms with Crippen molar-refractivity contribution in [3.05, 3.63) is 24.3 Å². The number of rotatable bonds is 6. The Bertz CT molecular complexity index is 405. The highest BCUT2D eigenvalue weighted by atomic mass is 19.4. The number of alkyl halides is 3. The fourth-order valence-electron chi connectivity index (χ4n) is 1.41. The lowest BCUT2D eigenvalue weighted by atomic mass is 10.1. The molecule has 6 heteroatoms. The van der Waals surface area contributed by atoms with Crippen molar-refractivity contribution in [3.63, 3.8) is 0 Å². The number of ether oxygens (including phenoxy) is 2. The zero-order chi connectivity index (χ0) is 14.5. The Balaban J connectivity index is 2.53. The molecular formula is C13H18F3NO2. The quantitative estimate of drug-likeness (QED) is 0.857. The maximum Gasteiger partial charge on any atom is 0.573 e. The first-order chi connectivity index (χ1) is 8.72. The molecule has 0 aliphatic rings. The molecule has 1 aromatic rings. The molecule has 0 heterocycles. The molecule has 1 rings (SSSR count). The van der Waals surface area contributed by atoms with E-state index >= 15 is 0 Å². The maximum atomic E-state index is 12.1. The van der Waals surface area contributed by atoms with Crippen LogP contribution >= 0.6 is 0 Å². The third-order valence-corrected chi connectivity index (χ3v) is 2.68. The zero-order valence-electron chi connectivity index (χ0n) is 11.2. The molecule has 19 heavy (non-hydrogen) atoms. The molecule has 1 N–H and O–H groups in total. The Morgan fingerprint density at radius 2 is 1.89 bits per heavy atom. The molecule has 3 nitrogen and oxygen atoms in total. The van der Waals surface area contributed by atoms with Crippen LogP contribution in [-0.2, 0) is 4.74 Å². The topological polar surface area (TPSA) is 30.5 Å². The van der Waals surface area contributed by atoms with Gasteiger partial charge in [0.2, 0.25) is 0 Å². The monoisotopic (exact) mass is 277 g/mol. The molecule has 0 saturated carbocycles. The van der Waals surface area contributed by atoms with E-state index in [2.05, 4.69) is 10.1 Å². The minimum absolute atomic E-state index is 0.233. The summed E-state index contributed by atoms with van der Waals surface area (Å²) in [5.74, 6) is -0.233. The van der Waals surface area contributed by atoms with Crippen molar-refractivity contribution in [2.24, 2.45) is 0 Å². The summed E-state index contributed by atoms with van der Waals surface area (Å²) in [4.78, 5) is 0. The summed E-state index contributed by atoms with van der Waals surface area (Å²) >= 11 is 0. The molecule has 0 amide bonds. The number of nitrogens with one attached hydrogen (secondary N) is 1. The van der Waals surface area contributed by atoms with E-state index in [1.807, 2.05) is 13.8 Å². The summed E-state index contributed by atoms with van der Waals surface area (Å²) in [5.41, 5.74) is 0.307. The minimum Gasteiger partial charge on any atom is -0.406 e. The van der Waals surface area contributed by atoms with E-state index in [0.717, 1.165) is 6.42 Å². The summed E-state index contributed by atoms with van der Waals surface area (Å²) in [5, 5.41) is 3.03. The van der Waals surface area contributed by atoms with Crippen LogP contribution in [0, 0.1) is 0 Å². The first-order valence-electron chi connectivity index (χ1n) is 5.87. The van der Waals surface area contributed by atoms with Crippen molar-refractivity contribution in [2.45, 2.75) is 32.2 Å². The number of hydrogen-bond donors (Lipinski definition) is 1. The molecule has 0 saturated heterocycles. The molecule has 108 valence electrons. The lowest BCUT2D eigenvalue weighted by Gasteiger charge is -2.23. The van der Waals surface area contributed by atoms with E-state index in [9.17, 15) is 13.2 Å². The molecule has 0 fully saturated rings.